The number of carbonyl (C=O) groups is 3. The molecule has 0 aliphatic carbocycles. The van der Waals surface area contributed by atoms with Crippen molar-refractivity contribution in [2.75, 3.05) is 26.4 Å². The van der Waals surface area contributed by atoms with Gasteiger partial charge in [0, 0.05) is 5.56 Å². The first kappa shape index (κ1) is 38.3. The Morgan fingerprint density at radius 1 is 0.900 bits per heavy atom. The number of nitrogens with one attached hydrogen (secondary N) is 1. The number of aliphatic carboxylic acids is 2. The Labute approximate surface area is 291 Å². The molecule has 1 amide bonds. The Bertz CT molecular complexity index is 1700. The predicted molar refractivity (Wildman–Crippen MR) is 180 cm³/mol. The molecule has 0 unspecified atom stereocenters. The summed E-state index contributed by atoms with van der Waals surface area (Å²) < 4.78 is 54.8. The van der Waals surface area contributed by atoms with Crippen molar-refractivity contribution in [2.45, 2.75) is 63.4 Å². The molecule has 1 aliphatic rings. The Morgan fingerprint density at radius 2 is 1.52 bits per heavy atom. The lowest BCUT2D eigenvalue weighted by Crippen LogP contribution is -2.47. The minimum Gasteiger partial charge on any atom is -0.493 e. The van der Waals surface area contributed by atoms with Crippen molar-refractivity contribution in [1.82, 2.24) is 5.32 Å². The highest BCUT2D eigenvalue weighted by Crippen LogP contribution is 2.34. The molecular formula is C36H43NO12S. The van der Waals surface area contributed by atoms with Crippen molar-refractivity contribution < 1.29 is 56.1 Å². The minimum atomic E-state index is -4.10. The van der Waals surface area contributed by atoms with Crippen LogP contribution in [0.15, 0.2) is 83.8 Å². The summed E-state index contributed by atoms with van der Waals surface area (Å²) in [4.78, 5) is 36.1. The van der Waals surface area contributed by atoms with E-state index in [1.807, 2.05) is 37.3 Å². The van der Waals surface area contributed by atoms with Crippen LogP contribution in [0.1, 0.15) is 50.2 Å². The molecule has 13 nitrogen and oxygen atoms in total. The number of hydrogen-bond acceptors (Lipinski definition) is 10. The van der Waals surface area contributed by atoms with Gasteiger partial charge in [-0.05, 0) is 70.4 Å². The first-order valence-electron chi connectivity index (χ1n) is 16.0. The molecule has 0 radical (unpaired) electrons. The van der Waals surface area contributed by atoms with E-state index in [0.717, 1.165) is 11.1 Å². The molecule has 0 bridgehead atoms. The van der Waals surface area contributed by atoms with E-state index >= 15 is 0 Å². The van der Waals surface area contributed by atoms with Gasteiger partial charge in [-0.25, -0.2) is 9.59 Å². The summed E-state index contributed by atoms with van der Waals surface area (Å²) >= 11 is 0. The van der Waals surface area contributed by atoms with E-state index in [1.165, 1.54) is 12.1 Å². The quantitative estimate of drug-likeness (QED) is 0.177. The summed E-state index contributed by atoms with van der Waals surface area (Å²) in [5.74, 6) is -3.35. The van der Waals surface area contributed by atoms with Crippen LogP contribution in [-0.4, -0.2) is 74.7 Å². The average molecular weight is 714 g/mol. The van der Waals surface area contributed by atoms with E-state index in [9.17, 15) is 33.0 Å². The highest BCUT2D eigenvalue weighted by atomic mass is 32.2. The topological polar surface area (TPSA) is 184 Å². The van der Waals surface area contributed by atoms with Gasteiger partial charge < -0.3 is 34.5 Å². The fraction of sp³-hybridized carbons (Fsp3) is 0.417. The van der Waals surface area contributed by atoms with Crippen LogP contribution in [0, 0.1) is 18.3 Å². The maximum Gasteiger partial charge on any atom is 0.408 e. The van der Waals surface area contributed by atoms with E-state index in [0.29, 0.717) is 11.3 Å². The van der Waals surface area contributed by atoms with Crippen LogP contribution in [0.25, 0.3) is 0 Å². The van der Waals surface area contributed by atoms with Crippen molar-refractivity contribution in [2.24, 2.45) is 11.3 Å². The normalized spacial score (nSPS) is 19.2. The molecule has 0 aromatic heterocycles. The molecule has 270 valence electrons. The number of amides is 1. The lowest BCUT2D eigenvalue weighted by Gasteiger charge is -2.39. The molecule has 1 saturated heterocycles. The summed E-state index contributed by atoms with van der Waals surface area (Å²) in [6.07, 6.45) is -2.01. The molecule has 0 saturated carbocycles. The minimum absolute atomic E-state index is 0.0181. The summed E-state index contributed by atoms with van der Waals surface area (Å²) in [7, 11) is -4.10. The molecule has 3 aromatic carbocycles. The molecule has 2 atom stereocenters. The van der Waals surface area contributed by atoms with Crippen LogP contribution in [0.2, 0.25) is 0 Å². The molecule has 14 heteroatoms. The van der Waals surface area contributed by atoms with Gasteiger partial charge in [0.1, 0.15) is 24.0 Å². The van der Waals surface area contributed by atoms with Crippen LogP contribution < -0.4 is 10.1 Å². The highest BCUT2D eigenvalue weighted by Gasteiger charge is 2.41. The van der Waals surface area contributed by atoms with E-state index in [1.54, 1.807) is 57.2 Å². The zero-order valence-corrected chi connectivity index (χ0v) is 29.2. The Morgan fingerprint density at radius 3 is 2.08 bits per heavy atom. The molecule has 50 heavy (non-hydrogen) atoms. The number of carboxylic acids is 2. The molecule has 1 aliphatic heterocycles. The summed E-state index contributed by atoms with van der Waals surface area (Å²) in [5.41, 5.74) is 0.419. The number of carboxylic acid groups (broad SMARTS) is 2. The van der Waals surface area contributed by atoms with Gasteiger partial charge in [-0.3, -0.25) is 8.98 Å². The van der Waals surface area contributed by atoms with Gasteiger partial charge >= 0.3 is 18.0 Å². The van der Waals surface area contributed by atoms with Crippen LogP contribution >= 0.6 is 0 Å². The zero-order valence-electron chi connectivity index (χ0n) is 28.4. The molecule has 0 spiro atoms. The van der Waals surface area contributed by atoms with Crippen molar-refractivity contribution >= 4 is 28.1 Å². The Balaban J connectivity index is 1.42. The number of aryl methyl sites for hydroxylation is 1. The molecule has 3 N–H and O–H groups in total. The number of carbonyl (C=O) groups excluding carboxylic acids is 1. The molecule has 1 fully saturated rings. The standard InChI is InChI=1S/C36H43NO12S/c1-24-10-16-29(17-11-24)50(43,44)48-23-36(21-46-33(47-22-36)26-8-6-5-7-9-26)20-45-28-14-12-25(13-15-28)18-27(31(38)39)19-30(32(40)41)37-34(42)49-35(2,3)4/h5-17,27,30,33H,18-23H2,1-4H3,(H,37,42)(H,38,39)(H,40,41)/t27-,30-,33?,36?/m0/s1. The molecule has 3 aromatic rings. The molecular weight excluding hydrogens is 670 g/mol. The third-order valence-corrected chi connectivity index (χ3v) is 9.07. The summed E-state index contributed by atoms with van der Waals surface area (Å²) in [6.45, 7) is 6.53. The van der Waals surface area contributed by atoms with Gasteiger partial charge in [-0.2, -0.15) is 8.42 Å². The van der Waals surface area contributed by atoms with Gasteiger partial charge in [0.15, 0.2) is 6.29 Å². The number of ether oxygens (including phenoxy) is 4. The van der Waals surface area contributed by atoms with E-state index in [4.69, 9.17) is 23.1 Å². The average Bonchev–Trinajstić information content (AvgIpc) is 3.06. The van der Waals surface area contributed by atoms with Crippen molar-refractivity contribution in [1.29, 1.82) is 0 Å². The first-order chi connectivity index (χ1) is 23.5. The largest absolute Gasteiger partial charge is 0.493 e. The SMILES string of the molecule is Cc1ccc(S(=O)(=O)OCC2(COc3ccc(C[C@@H](C[C@H](NC(=O)OC(C)(C)C)C(=O)O)C(=O)O)cc3)COC(c3ccccc3)OC2)cc1. The van der Waals surface area contributed by atoms with Crippen molar-refractivity contribution in [3.63, 3.8) is 0 Å². The van der Waals surface area contributed by atoms with E-state index in [2.05, 4.69) is 5.32 Å². The van der Waals surface area contributed by atoms with Gasteiger partial charge in [0.05, 0.1) is 36.0 Å². The number of rotatable bonds is 15. The van der Waals surface area contributed by atoms with E-state index < -0.39 is 57.4 Å². The van der Waals surface area contributed by atoms with Crippen LogP contribution in [-0.2, 0) is 44.5 Å². The van der Waals surface area contributed by atoms with Crippen LogP contribution in [0.3, 0.4) is 0 Å². The highest BCUT2D eigenvalue weighted by molar-refractivity contribution is 7.86. The lowest BCUT2D eigenvalue weighted by molar-refractivity contribution is -0.244. The zero-order chi connectivity index (χ0) is 36.5. The first-order valence-corrected chi connectivity index (χ1v) is 17.4. The smallest absolute Gasteiger partial charge is 0.408 e. The summed E-state index contributed by atoms with van der Waals surface area (Å²) in [5, 5.41) is 21.7. The maximum absolute atomic E-state index is 13.0. The second-order valence-corrected chi connectivity index (χ2v) is 15.0. The van der Waals surface area contributed by atoms with Gasteiger partial charge in [-0.15, -0.1) is 0 Å². The summed E-state index contributed by atoms with van der Waals surface area (Å²) in [6, 6.07) is 20.7. The number of hydrogen-bond donors (Lipinski definition) is 3. The van der Waals surface area contributed by atoms with Crippen molar-refractivity contribution in [3.05, 3.63) is 95.6 Å². The van der Waals surface area contributed by atoms with Gasteiger partial charge in [0.25, 0.3) is 10.1 Å². The number of benzene rings is 3. The second kappa shape index (κ2) is 16.5. The van der Waals surface area contributed by atoms with Crippen LogP contribution in [0.5, 0.6) is 5.75 Å². The Kier molecular flexibility index (Phi) is 12.6. The molecule has 1 heterocycles. The Hall–Kier alpha value is -4.50. The third-order valence-electron chi connectivity index (χ3n) is 7.79. The molecule has 4 rings (SSSR count). The third kappa shape index (κ3) is 11.3. The monoisotopic (exact) mass is 713 g/mol. The number of alkyl carbamates (subject to hydrolysis) is 1. The van der Waals surface area contributed by atoms with Gasteiger partial charge in [0.2, 0.25) is 0 Å². The van der Waals surface area contributed by atoms with Crippen LogP contribution in [0.4, 0.5) is 4.79 Å². The van der Waals surface area contributed by atoms with Crippen molar-refractivity contribution in [3.8, 4) is 5.75 Å². The lowest BCUT2D eigenvalue weighted by atomic mass is 9.91. The van der Waals surface area contributed by atoms with E-state index in [-0.39, 0.29) is 44.2 Å². The fourth-order valence-corrected chi connectivity index (χ4v) is 6.06. The second-order valence-electron chi connectivity index (χ2n) is 13.3. The van der Waals surface area contributed by atoms with Gasteiger partial charge in [-0.1, -0.05) is 60.2 Å². The fourth-order valence-electron chi connectivity index (χ4n) is 5.05. The maximum atomic E-state index is 13.0. The predicted octanol–water partition coefficient (Wildman–Crippen LogP) is 5.12.